The van der Waals surface area contributed by atoms with Crippen LogP contribution in [0, 0.1) is 6.92 Å². The van der Waals surface area contributed by atoms with Crippen LogP contribution in [0.4, 0.5) is 4.79 Å². The number of nitrogens with zero attached hydrogens (tertiary/aromatic N) is 2. The quantitative estimate of drug-likeness (QED) is 0.902. The van der Waals surface area contributed by atoms with Gasteiger partial charge in [-0.25, -0.2) is 4.79 Å². The van der Waals surface area contributed by atoms with Crippen molar-refractivity contribution in [2.24, 2.45) is 0 Å². The average Bonchev–Trinajstić information content (AvgIpc) is 2.69. The lowest BCUT2D eigenvalue weighted by atomic mass is 9.92. The predicted octanol–water partition coefficient (Wildman–Crippen LogP) is 2.31. The molecule has 1 spiro atoms. The van der Waals surface area contributed by atoms with E-state index in [4.69, 9.17) is 4.74 Å². The van der Waals surface area contributed by atoms with E-state index in [2.05, 4.69) is 10.3 Å². The molecule has 0 unspecified atom stereocenters. The second-order valence-electron chi connectivity index (χ2n) is 5.46. The number of rotatable bonds is 2. The standard InChI is InChI=1S/C14H19N3O2.2ClH/c1-11-8-16-5-2-12(11)9-17-10-14(19-13(17)18)3-6-15-7-4-14;;/h2,5,8,15H,3-4,6-7,9-10H2,1H3;2*1H. The number of piperidine rings is 1. The maximum atomic E-state index is 12.0. The van der Waals surface area contributed by atoms with Gasteiger partial charge < -0.3 is 10.1 Å². The molecular weight excluding hydrogens is 313 g/mol. The van der Waals surface area contributed by atoms with Crippen molar-refractivity contribution >= 4 is 30.9 Å². The van der Waals surface area contributed by atoms with Crippen LogP contribution in [0.25, 0.3) is 0 Å². The van der Waals surface area contributed by atoms with Gasteiger partial charge in [0.25, 0.3) is 0 Å². The number of hydrogen-bond acceptors (Lipinski definition) is 4. The zero-order valence-electron chi connectivity index (χ0n) is 12.0. The lowest BCUT2D eigenvalue weighted by molar-refractivity contribution is 0.0316. The van der Waals surface area contributed by atoms with Crippen molar-refractivity contribution in [3.63, 3.8) is 0 Å². The van der Waals surface area contributed by atoms with Gasteiger partial charge in [0.05, 0.1) is 6.54 Å². The fourth-order valence-corrected chi connectivity index (χ4v) is 2.84. The lowest BCUT2D eigenvalue weighted by Gasteiger charge is -2.31. The van der Waals surface area contributed by atoms with Crippen LogP contribution in [0.5, 0.6) is 0 Å². The number of pyridine rings is 1. The number of aromatic nitrogens is 1. The molecule has 2 aliphatic heterocycles. The summed E-state index contributed by atoms with van der Waals surface area (Å²) < 4.78 is 5.65. The van der Waals surface area contributed by atoms with Crippen LogP contribution >= 0.6 is 24.8 Å². The fraction of sp³-hybridized carbons (Fsp3) is 0.571. The Morgan fingerprint density at radius 1 is 1.38 bits per heavy atom. The second kappa shape index (κ2) is 7.29. The molecule has 2 aliphatic rings. The van der Waals surface area contributed by atoms with Gasteiger partial charge in [0.1, 0.15) is 5.60 Å². The van der Waals surface area contributed by atoms with Crippen molar-refractivity contribution in [3.8, 4) is 0 Å². The van der Waals surface area contributed by atoms with Crippen molar-refractivity contribution in [1.29, 1.82) is 0 Å². The van der Waals surface area contributed by atoms with Crippen LogP contribution < -0.4 is 5.32 Å². The van der Waals surface area contributed by atoms with Crippen molar-refractivity contribution in [2.75, 3.05) is 19.6 Å². The van der Waals surface area contributed by atoms with Gasteiger partial charge in [-0.15, -0.1) is 24.8 Å². The third-order valence-electron chi connectivity index (χ3n) is 4.05. The van der Waals surface area contributed by atoms with Gasteiger partial charge in [0.15, 0.2) is 0 Å². The zero-order chi connectivity index (χ0) is 13.3. The topological polar surface area (TPSA) is 54.5 Å². The van der Waals surface area contributed by atoms with Crippen LogP contribution in [-0.2, 0) is 11.3 Å². The summed E-state index contributed by atoms with van der Waals surface area (Å²) in [5.41, 5.74) is 1.99. The number of nitrogens with one attached hydrogen (secondary N) is 1. The van der Waals surface area contributed by atoms with Crippen molar-refractivity contribution in [2.45, 2.75) is 31.9 Å². The molecule has 1 N–H and O–H groups in total. The maximum absolute atomic E-state index is 12.0. The molecule has 1 aromatic heterocycles. The smallest absolute Gasteiger partial charge is 0.410 e. The number of ether oxygens (including phenoxy) is 1. The van der Waals surface area contributed by atoms with Crippen LogP contribution in [0.2, 0.25) is 0 Å². The molecule has 21 heavy (non-hydrogen) atoms. The molecule has 1 aromatic rings. The number of halogens is 2. The summed E-state index contributed by atoms with van der Waals surface area (Å²) in [4.78, 5) is 17.9. The summed E-state index contributed by atoms with van der Waals surface area (Å²) in [6.45, 7) is 5.19. The monoisotopic (exact) mass is 333 g/mol. The van der Waals surface area contributed by atoms with Gasteiger partial charge in [0, 0.05) is 31.8 Å². The third-order valence-corrected chi connectivity index (χ3v) is 4.05. The van der Waals surface area contributed by atoms with E-state index >= 15 is 0 Å². The SMILES string of the molecule is Cc1cnccc1CN1CC2(CCNCC2)OC1=O.Cl.Cl. The number of aryl methyl sites for hydroxylation is 1. The molecule has 3 heterocycles. The summed E-state index contributed by atoms with van der Waals surface area (Å²) in [5.74, 6) is 0. The van der Waals surface area contributed by atoms with E-state index in [1.807, 2.05) is 24.1 Å². The Morgan fingerprint density at radius 2 is 2.10 bits per heavy atom. The molecule has 118 valence electrons. The van der Waals surface area contributed by atoms with Crippen LogP contribution in [0.15, 0.2) is 18.5 Å². The number of amides is 1. The van der Waals surface area contributed by atoms with Gasteiger partial charge in [-0.05, 0) is 37.2 Å². The second-order valence-corrected chi connectivity index (χ2v) is 5.46. The molecule has 0 aliphatic carbocycles. The summed E-state index contributed by atoms with van der Waals surface area (Å²) >= 11 is 0. The van der Waals surface area contributed by atoms with Gasteiger partial charge >= 0.3 is 6.09 Å². The van der Waals surface area contributed by atoms with E-state index in [1.165, 1.54) is 0 Å². The van der Waals surface area contributed by atoms with Crippen LogP contribution in [0.1, 0.15) is 24.0 Å². The van der Waals surface area contributed by atoms with E-state index in [0.717, 1.165) is 37.1 Å². The normalized spacial score (nSPS) is 19.7. The summed E-state index contributed by atoms with van der Waals surface area (Å²) in [6.07, 6.45) is 5.23. The number of carbonyl (C=O) groups is 1. The molecule has 2 saturated heterocycles. The Hall–Kier alpha value is -1.04. The number of carbonyl (C=O) groups excluding carboxylic acids is 1. The molecule has 0 bridgehead atoms. The molecular formula is C14H21Cl2N3O2. The van der Waals surface area contributed by atoms with Gasteiger partial charge in [0.2, 0.25) is 0 Å². The molecule has 0 atom stereocenters. The van der Waals surface area contributed by atoms with Crippen molar-refractivity contribution in [3.05, 3.63) is 29.6 Å². The summed E-state index contributed by atoms with van der Waals surface area (Å²) in [6, 6.07) is 1.97. The molecule has 0 aromatic carbocycles. The zero-order valence-corrected chi connectivity index (χ0v) is 13.6. The molecule has 1 amide bonds. The van der Waals surface area contributed by atoms with Gasteiger partial charge in [-0.3, -0.25) is 9.88 Å². The average molecular weight is 334 g/mol. The minimum Gasteiger partial charge on any atom is -0.441 e. The Labute approximate surface area is 137 Å². The van der Waals surface area contributed by atoms with Gasteiger partial charge in [-0.1, -0.05) is 0 Å². The Kier molecular flexibility index (Phi) is 6.25. The highest BCUT2D eigenvalue weighted by Crippen LogP contribution is 2.32. The molecule has 2 fully saturated rings. The first kappa shape index (κ1) is 18.0. The van der Waals surface area contributed by atoms with E-state index in [9.17, 15) is 4.79 Å². The van der Waals surface area contributed by atoms with E-state index in [0.29, 0.717) is 13.1 Å². The van der Waals surface area contributed by atoms with E-state index in [-0.39, 0.29) is 36.5 Å². The van der Waals surface area contributed by atoms with E-state index < -0.39 is 0 Å². The minimum absolute atomic E-state index is 0. The molecule has 0 radical (unpaired) electrons. The highest BCUT2D eigenvalue weighted by molar-refractivity contribution is 5.85. The molecule has 5 nitrogen and oxygen atoms in total. The molecule has 3 rings (SSSR count). The van der Waals surface area contributed by atoms with Crippen LogP contribution in [-0.4, -0.2) is 41.2 Å². The predicted molar refractivity (Wildman–Crippen MR) is 85.2 cm³/mol. The number of hydrogen-bond donors (Lipinski definition) is 1. The molecule has 7 heteroatoms. The summed E-state index contributed by atoms with van der Waals surface area (Å²) in [5, 5.41) is 3.31. The highest BCUT2D eigenvalue weighted by atomic mass is 35.5. The Bertz CT molecular complexity index is 493. The first-order chi connectivity index (χ1) is 9.19. The first-order valence-electron chi connectivity index (χ1n) is 6.77. The van der Waals surface area contributed by atoms with E-state index in [1.54, 1.807) is 6.20 Å². The minimum atomic E-state index is -0.261. The largest absolute Gasteiger partial charge is 0.441 e. The highest BCUT2D eigenvalue weighted by Gasteiger charge is 2.45. The summed E-state index contributed by atoms with van der Waals surface area (Å²) in [7, 11) is 0. The van der Waals surface area contributed by atoms with Crippen LogP contribution in [0.3, 0.4) is 0 Å². The Balaban J connectivity index is 0.00000110. The van der Waals surface area contributed by atoms with Crippen molar-refractivity contribution in [1.82, 2.24) is 15.2 Å². The lowest BCUT2D eigenvalue weighted by Crippen LogP contribution is -2.44. The van der Waals surface area contributed by atoms with Gasteiger partial charge in [-0.2, -0.15) is 0 Å². The fourth-order valence-electron chi connectivity index (χ4n) is 2.84. The maximum Gasteiger partial charge on any atom is 0.410 e. The molecule has 0 saturated carbocycles. The third kappa shape index (κ3) is 3.78. The first-order valence-corrected chi connectivity index (χ1v) is 6.77. The Morgan fingerprint density at radius 3 is 2.76 bits per heavy atom. The van der Waals surface area contributed by atoms with Crippen molar-refractivity contribution < 1.29 is 9.53 Å².